The van der Waals surface area contributed by atoms with Crippen molar-refractivity contribution in [1.82, 2.24) is 4.90 Å². The van der Waals surface area contributed by atoms with Gasteiger partial charge in [0.2, 0.25) is 0 Å². The lowest BCUT2D eigenvalue weighted by Gasteiger charge is -2.18. The Kier molecular flexibility index (Phi) is 3.64. The normalized spacial score (nSPS) is 10.0. The van der Waals surface area contributed by atoms with E-state index in [4.69, 9.17) is 0 Å². The highest BCUT2D eigenvalue weighted by molar-refractivity contribution is 7.80. The highest BCUT2D eigenvalue weighted by Gasteiger charge is 2.05. The monoisotopic (exact) mass is 207 g/mol. The summed E-state index contributed by atoms with van der Waals surface area (Å²) in [6.45, 7) is 6.19. The summed E-state index contributed by atoms with van der Waals surface area (Å²) in [4.78, 5) is 3.00. The van der Waals surface area contributed by atoms with Crippen molar-refractivity contribution in [3.63, 3.8) is 0 Å². The van der Waals surface area contributed by atoms with Gasteiger partial charge in [-0.25, -0.2) is 0 Å². The van der Waals surface area contributed by atoms with Crippen LogP contribution in [0.5, 0.6) is 0 Å². The molecule has 0 unspecified atom stereocenters. The molecule has 0 saturated heterocycles. The second kappa shape index (κ2) is 4.56. The molecule has 0 heterocycles. The van der Waals surface area contributed by atoms with E-state index in [9.17, 15) is 0 Å². The molecule has 0 aliphatic carbocycles. The van der Waals surface area contributed by atoms with Crippen molar-refractivity contribution in [3.8, 4) is 0 Å². The van der Waals surface area contributed by atoms with Gasteiger partial charge in [-0.05, 0) is 24.1 Å². The Hall–Kier alpha value is -0.890. The van der Waals surface area contributed by atoms with Gasteiger partial charge in [-0.15, -0.1) is 12.6 Å². The molecule has 0 fully saturated rings. The lowest BCUT2D eigenvalue weighted by atomic mass is 10.1. The molecule has 1 nitrogen and oxygen atoms in total. The molecule has 0 aliphatic rings. The van der Waals surface area contributed by atoms with E-state index in [1.807, 2.05) is 25.1 Å². The Morgan fingerprint density at radius 2 is 2.07 bits per heavy atom. The number of nitrogens with zero attached hydrogens (tertiary/aromatic N) is 1. The number of hydrogen-bond acceptors (Lipinski definition) is 2. The van der Waals surface area contributed by atoms with Crippen molar-refractivity contribution in [2.24, 2.45) is 0 Å². The molecule has 0 aromatic heterocycles. The molecule has 0 bridgehead atoms. The van der Waals surface area contributed by atoms with Crippen LogP contribution in [0, 0.1) is 0 Å². The molecular weight excluding hydrogens is 190 g/mol. The van der Waals surface area contributed by atoms with Crippen LogP contribution in [0.2, 0.25) is 0 Å². The van der Waals surface area contributed by atoms with Crippen LogP contribution in [-0.4, -0.2) is 19.0 Å². The zero-order valence-corrected chi connectivity index (χ0v) is 9.94. The molecule has 0 amide bonds. The molecule has 0 radical (unpaired) electrons. The predicted octanol–water partition coefficient (Wildman–Crippen LogP) is 3.07. The maximum Gasteiger partial charge on any atom is 0.0372 e. The number of hydrogen-bond donors (Lipinski definition) is 1. The van der Waals surface area contributed by atoms with E-state index in [2.05, 4.69) is 38.3 Å². The van der Waals surface area contributed by atoms with Crippen molar-refractivity contribution in [3.05, 3.63) is 35.9 Å². The largest absolute Gasteiger partial charge is 0.378 e. The topological polar surface area (TPSA) is 3.24 Å². The van der Waals surface area contributed by atoms with Crippen LogP contribution < -0.4 is 0 Å². The standard InChI is InChI=1S/C12H17NS/c1-5-10-6-7-12(14)11(8-10)9(2)13(3)4/h6-8,14H,2,5H2,1,3-4H3. The minimum Gasteiger partial charge on any atom is -0.378 e. The van der Waals surface area contributed by atoms with E-state index >= 15 is 0 Å². The van der Waals surface area contributed by atoms with Gasteiger partial charge in [0.25, 0.3) is 0 Å². The third-order valence-electron chi connectivity index (χ3n) is 2.32. The summed E-state index contributed by atoms with van der Waals surface area (Å²) >= 11 is 4.43. The van der Waals surface area contributed by atoms with E-state index < -0.39 is 0 Å². The molecule has 0 saturated carbocycles. The van der Waals surface area contributed by atoms with Crippen LogP contribution >= 0.6 is 12.6 Å². The molecule has 1 aromatic rings. The van der Waals surface area contributed by atoms with Crippen LogP contribution in [0.1, 0.15) is 18.1 Å². The SMILES string of the molecule is C=C(c1cc(CC)ccc1S)N(C)C. The lowest BCUT2D eigenvalue weighted by molar-refractivity contribution is 0.592. The van der Waals surface area contributed by atoms with E-state index in [-0.39, 0.29) is 0 Å². The van der Waals surface area contributed by atoms with Crippen molar-refractivity contribution < 1.29 is 0 Å². The average Bonchev–Trinajstić information content (AvgIpc) is 2.17. The second-order valence-electron chi connectivity index (χ2n) is 3.55. The van der Waals surface area contributed by atoms with Crippen LogP contribution in [0.4, 0.5) is 0 Å². The molecule has 0 atom stereocenters. The maximum atomic E-state index is 4.43. The van der Waals surface area contributed by atoms with Gasteiger partial charge in [-0.3, -0.25) is 0 Å². The quantitative estimate of drug-likeness (QED) is 0.746. The molecule has 0 N–H and O–H groups in total. The fourth-order valence-electron chi connectivity index (χ4n) is 1.28. The van der Waals surface area contributed by atoms with Gasteiger partial charge >= 0.3 is 0 Å². The molecule has 14 heavy (non-hydrogen) atoms. The van der Waals surface area contributed by atoms with Gasteiger partial charge in [-0.1, -0.05) is 19.6 Å². The van der Waals surface area contributed by atoms with E-state index in [0.29, 0.717) is 0 Å². The maximum absolute atomic E-state index is 4.43. The molecule has 1 aromatic carbocycles. The number of rotatable bonds is 3. The fraction of sp³-hybridized carbons (Fsp3) is 0.333. The summed E-state index contributed by atoms with van der Waals surface area (Å²) in [6.07, 6.45) is 1.04. The summed E-state index contributed by atoms with van der Waals surface area (Å²) < 4.78 is 0. The summed E-state index contributed by atoms with van der Waals surface area (Å²) in [5.41, 5.74) is 3.45. The Labute approximate surface area is 91.8 Å². The first-order valence-electron chi connectivity index (χ1n) is 4.74. The van der Waals surface area contributed by atoms with E-state index in [0.717, 1.165) is 22.6 Å². The lowest BCUT2D eigenvalue weighted by Crippen LogP contribution is -2.09. The van der Waals surface area contributed by atoms with Crippen LogP contribution in [0.3, 0.4) is 0 Å². The third-order valence-corrected chi connectivity index (χ3v) is 2.71. The molecule has 0 aliphatic heterocycles. The Balaban J connectivity index is 3.12. The minimum absolute atomic E-state index is 0.987. The zero-order chi connectivity index (χ0) is 10.7. The van der Waals surface area contributed by atoms with E-state index in [1.165, 1.54) is 5.56 Å². The Morgan fingerprint density at radius 3 is 2.57 bits per heavy atom. The highest BCUT2D eigenvalue weighted by Crippen LogP contribution is 2.24. The van der Waals surface area contributed by atoms with Crippen molar-refractivity contribution >= 4 is 18.3 Å². The first-order chi connectivity index (χ1) is 6.56. The first-order valence-corrected chi connectivity index (χ1v) is 5.19. The zero-order valence-electron chi connectivity index (χ0n) is 9.04. The van der Waals surface area contributed by atoms with Gasteiger partial charge in [0.15, 0.2) is 0 Å². The van der Waals surface area contributed by atoms with Gasteiger partial charge in [0.1, 0.15) is 0 Å². The van der Waals surface area contributed by atoms with Gasteiger partial charge < -0.3 is 4.90 Å². The van der Waals surface area contributed by atoms with Crippen LogP contribution in [-0.2, 0) is 6.42 Å². The number of benzene rings is 1. The Bertz CT molecular complexity index is 342. The molecule has 0 spiro atoms. The van der Waals surface area contributed by atoms with Crippen molar-refractivity contribution in [1.29, 1.82) is 0 Å². The minimum atomic E-state index is 0.987. The molecule has 1 rings (SSSR count). The summed E-state index contributed by atoms with van der Waals surface area (Å²) in [5, 5.41) is 0. The van der Waals surface area contributed by atoms with E-state index in [1.54, 1.807) is 0 Å². The smallest absolute Gasteiger partial charge is 0.0372 e. The predicted molar refractivity (Wildman–Crippen MR) is 65.8 cm³/mol. The van der Waals surface area contributed by atoms with Gasteiger partial charge in [0, 0.05) is 30.3 Å². The summed E-state index contributed by atoms with van der Waals surface area (Å²) in [5.74, 6) is 0. The van der Waals surface area contributed by atoms with Gasteiger partial charge in [-0.2, -0.15) is 0 Å². The number of aryl methyl sites for hydroxylation is 1. The summed E-state index contributed by atoms with van der Waals surface area (Å²) in [6, 6.07) is 6.30. The van der Waals surface area contributed by atoms with Crippen molar-refractivity contribution in [2.75, 3.05) is 14.1 Å². The molecular formula is C12H17NS. The average molecular weight is 207 g/mol. The molecule has 76 valence electrons. The fourth-order valence-corrected chi connectivity index (χ4v) is 1.54. The van der Waals surface area contributed by atoms with Gasteiger partial charge in [0.05, 0.1) is 0 Å². The summed E-state index contributed by atoms with van der Waals surface area (Å²) in [7, 11) is 3.99. The van der Waals surface area contributed by atoms with Crippen LogP contribution in [0.15, 0.2) is 29.7 Å². The number of thiol groups is 1. The highest BCUT2D eigenvalue weighted by atomic mass is 32.1. The Morgan fingerprint density at radius 1 is 1.43 bits per heavy atom. The van der Waals surface area contributed by atoms with Crippen molar-refractivity contribution in [2.45, 2.75) is 18.2 Å². The first kappa shape index (κ1) is 11.2. The molecule has 2 heteroatoms. The third kappa shape index (κ3) is 2.32. The van der Waals surface area contributed by atoms with Crippen LogP contribution in [0.25, 0.3) is 5.70 Å². The second-order valence-corrected chi connectivity index (χ2v) is 4.03.